The van der Waals surface area contributed by atoms with Gasteiger partial charge in [-0.2, -0.15) is 0 Å². The number of carbonyl (C=O) groups excluding carboxylic acids is 1. The summed E-state index contributed by atoms with van der Waals surface area (Å²) in [5, 5.41) is 19.4. The third-order valence-electron chi connectivity index (χ3n) is 5.46. The minimum absolute atomic E-state index is 0.0258. The highest BCUT2D eigenvalue weighted by molar-refractivity contribution is 5.78. The van der Waals surface area contributed by atoms with E-state index in [1.54, 1.807) is 0 Å². The van der Waals surface area contributed by atoms with Gasteiger partial charge in [0.05, 0.1) is 19.3 Å². The van der Waals surface area contributed by atoms with Crippen molar-refractivity contribution in [3.8, 4) is 0 Å². The van der Waals surface area contributed by atoms with Gasteiger partial charge in [0.15, 0.2) is 0 Å². The molecule has 1 saturated heterocycles. The summed E-state index contributed by atoms with van der Waals surface area (Å²) < 4.78 is 0. The number of likely N-dealkylation sites (tertiary alicyclic amines) is 1. The van der Waals surface area contributed by atoms with Crippen LogP contribution in [0.2, 0.25) is 0 Å². The standard InChI is InChI=1S/C16H30N2O3/c1-12-4-6-13(7-5-12)17(3)15(21)10-18-9-14(20)8-16(18,2)11-19/h12-14,19-20H,4-11H2,1-3H3. The molecule has 0 aromatic carbocycles. The lowest BCUT2D eigenvalue weighted by atomic mass is 9.87. The lowest BCUT2D eigenvalue weighted by Crippen LogP contribution is -2.51. The average molecular weight is 298 g/mol. The van der Waals surface area contributed by atoms with E-state index in [1.807, 2.05) is 23.8 Å². The molecule has 2 fully saturated rings. The Kier molecular flexibility index (Phi) is 5.28. The molecule has 2 rings (SSSR count). The molecule has 0 bridgehead atoms. The number of hydrogen-bond acceptors (Lipinski definition) is 4. The molecule has 0 aromatic rings. The van der Waals surface area contributed by atoms with Crippen LogP contribution >= 0.6 is 0 Å². The Hall–Kier alpha value is -0.650. The van der Waals surface area contributed by atoms with Crippen LogP contribution in [0.25, 0.3) is 0 Å². The number of nitrogens with zero attached hydrogens (tertiary/aromatic N) is 2. The maximum atomic E-state index is 12.5. The molecule has 1 amide bonds. The van der Waals surface area contributed by atoms with Gasteiger partial charge in [-0.1, -0.05) is 6.92 Å². The zero-order valence-corrected chi connectivity index (χ0v) is 13.6. The van der Waals surface area contributed by atoms with E-state index in [0.29, 0.717) is 19.0 Å². The van der Waals surface area contributed by atoms with Crippen molar-refractivity contribution in [2.24, 2.45) is 5.92 Å². The fourth-order valence-electron chi connectivity index (χ4n) is 3.70. The van der Waals surface area contributed by atoms with Crippen LogP contribution in [0.15, 0.2) is 0 Å². The van der Waals surface area contributed by atoms with E-state index in [-0.39, 0.29) is 19.1 Å². The molecule has 2 atom stereocenters. The smallest absolute Gasteiger partial charge is 0.236 e. The molecular formula is C16H30N2O3. The number of carbonyl (C=O) groups is 1. The molecule has 1 heterocycles. The quantitative estimate of drug-likeness (QED) is 0.807. The molecule has 0 spiro atoms. The molecule has 2 N–H and O–H groups in total. The van der Waals surface area contributed by atoms with Crippen LogP contribution in [0.5, 0.6) is 0 Å². The minimum Gasteiger partial charge on any atom is -0.394 e. The maximum absolute atomic E-state index is 12.5. The van der Waals surface area contributed by atoms with E-state index >= 15 is 0 Å². The van der Waals surface area contributed by atoms with E-state index < -0.39 is 11.6 Å². The SMILES string of the molecule is CC1CCC(N(C)C(=O)CN2CC(O)CC2(C)CO)CC1. The van der Waals surface area contributed by atoms with E-state index in [1.165, 1.54) is 12.8 Å². The Balaban J connectivity index is 1.91. The minimum atomic E-state index is -0.475. The van der Waals surface area contributed by atoms with Crippen molar-refractivity contribution in [3.63, 3.8) is 0 Å². The summed E-state index contributed by atoms with van der Waals surface area (Å²) in [6.45, 7) is 4.92. The van der Waals surface area contributed by atoms with Crippen molar-refractivity contribution in [1.82, 2.24) is 9.80 Å². The highest BCUT2D eigenvalue weighted by atomic mass is 16.3. The van der Waals surface area contributed by atoms with E-state index in [0.717, 1.165) is 18.8 Å². The number of β-amino-alcohol motifs (C(OH)–C–C–N with tert-alkyl or cyclic N) is 1. The maximum Gasteiger partial charge on any atom is 0.236 e. The van der Waals surface area contributed by atoms with E-state index in [9.17, 15) is 15.0 Å². The molecule has 1 aliphatic carbocycles. The summed E-state index contributed by atoms with van der Waals surface area (Å²) in [4.78, 5) is 16.3. The van der Waals surface area contributed by atoms with Gasteiger partial charge >= 0.3 is 0 Å². The second-order valence-corrected chi connectivity index (χ2v) is 7.31. The Morgan fingerprint density at radius 2 is 1.95 bits per heavy atom. The van der Waals surface area contributed by atoms with Crippen molar-refractivity contribution in [1.29, 1.82) is 0 Å². The second-order valence-electron chi connectivity index (χ2n) is 7.31. The predicted molar refractivity (Wildman–Crippen MR) is 81.9 cm³/mol. The van der Waals surface area contributed by atoms with Crippen molar-refractivity contribution < 1.29 is 15.0 Å². The fraction of sp³-hybridized carbons (Fsp3) is 0.938. The number of amides is 1. The van der Waals surface area contributed by atoms with Crippen LogP contribution in [0, 0.1) is 5.92 Å². The van der Waals surface area contributed by atoms with Gasteiger partial charge in [-0.3, -0.25) is 9.69 Å². The molecule has 1 aliphatic heterocycles. The van der Waals surface area contributed by atoms with Crippen LogP contribution in [-0.2, 0) is 4.79 Å². The van der Waals surface area contributed by atoms with Crippen LogP contribution in [-0.4, -0.2) is 70.3 Å². The van der Waals surface area contributed by atoms with Crippen molar-refractivity contribution in [3.05, 3.63) is 0 Å². The summed E-state index contributed by atoms with van der Waals surface area (Å²) in [5.41, 5.74) is -0.475. The average Bonchev–Trinajstić information content (AvgIpc) is 2.74. The number of aliphatic hydroxyl groups is 2. The van der Waals surface area contributed by atoms with Gasteiger partial charge in [0.25, 0.3) is 0 Å². The van der Waals surface area contributed by atoms with Crippen molar-refractivity contribution >= 4 is 5.91 Å². The normalized spacial score (nSPS) is 37.7. The van der Waals surface area contributed by atoms with Gasteiger partial charge in [-0.25, -0.2) is 0 Å². The largest absolute Gasteiger partial charge is 0.394 e. The van der Waals surface area contributed by atoms with Crippen LogP contribution in [0.3, 0.4) is 0 Å². The van der Waals surface area contributed by atoms with Crippen molar-refractivity contribution in [2.75, 3.05) is 26.7 Å². The first-order valence-electron chi connectivity index (χ1n) is 8.15. The van der Waals surface area contributed by atoms with Crippen LogP contribution < -0.4 is 0 Å². The summed E-state index contributed by atoms with van der Waals surface area (Å²) in [6.07, 6.45) is 4.64. The molecule has 1 saturated carbocycles. The topological polar surface area (TPSA) is 64.0 Å². The van der Waals surface area contributed by atoms with E-state index in [4.69, 9.17) is 0 Å². The van der Waals surface area contributed by atoms with Gasteiger partial charge < -0.3 is 15.1 Å². The highest BCUT2D eigenvalue weighted by Gasteiger charge is 2.42. The molecule has 5 nitrogen and oxygen atoms in total. The molecule has 2 unspecified atom stereocenters. The third-order valence-corrected chi connectivity index (χ3v) is 5.46. The summed E-state index contributed by atoms with van der Waals surface area (Å²) >= 11 is 0. The van der Waals surface area contributed by atoms with E-state index in [2.05, 4.69) is 6.92 Å². The lowest BCUT2D eigenvalue weighted by molar-refractivity contribution is -0.135. The number of aliphatic hydroxyl groups excluding tert-OH is 2. The first-order chi connectivity index (χ1) is 9.85. The number of hydrogen-bond donors (Lipinski definition) is 2. The zero-order valence-electron chi connectivity index (χ0n) is 13.6. The van der Waals surface area contributed by atoms with Gasteiger partial charge in [-0.15, -0.1) is 0 Å². The Morgan fingerprint density at radius 3 is 2.52 bits per heavy atom. The highest BCUT2D eigenvalue weighted by Crippen LogP contribution is 2.30. The summed E-state index contributed by atoms with van der Waals surface area (Å²) in [7, 11) is 1.89. The van der Waals surface area contributed by atoms with Gasteiger partial charge in [0, 0.05) is 25.2 Å². The third kappa shape index (κ3) is 3.76. The molecule has 21 heavy (non-hydrogen) atoms. The first-order valence-corrected chi connectivity index (χ1v) is 8.15. The molecule has 5 heteroatoms. The Labute approximate surface area is 127 Å². The van der Waals surface area contributed by atoms with Gasteiger partial charge in [0.2, 0.25) is 5.91 Å². The van der Waals surface area contributed by atoms with Gasteiger partial charge in [-0.05, 0) is 44.9 Å². The zero-order chi connectivity index (χ0) is 15.6. The van der Waals surface area contributed by atoms with Crippen molar-refractivity contribution in [2.45, 2.75) is 63.6 Å². The number of rotatable bonds is 4. The lowest BCUT2D eigenvalue weighted by Gasteiger charge is -2.37. The molecule has 122 valence electrons. The first kappa shape index (κ1) is 16.7. The summed E-state index contributed by atoms with van der Waals surface area (Å²) in [6, 6.07) is 0.349. The Bertz CT molecular complexity index is 369. The monoisotopic (exact) mass is 298 g/mol. The molecular weight excluding hydrogens is 268 g/mol. The number of likely N-dealkylation sites (N-methyl/N-ethyl adjacent to an activating group) is 1. The molecule has 0 radical (unpaired) electrons. The van der Waals surface area contributed by atoms with Gasteiger partial charge in [0.1, 0.15) is 0 Å². The summed E-state index contributed by atoms with van der Waals surface area (Å²) in [5.74, 6) is 0.875. The fourth-order valence-corrected chi connectivity index (χ4v) is 3.70. The molecule has 2 aliphatic rings. The van der Waals surface area contributed by atoms with Crippen LogP contribution in [0.4, 0.5) is 0 Å². The second kappa shape index (κ2) is 6.63. The van der Waals surface area contributed by atoms with Crippen LogP contribution in [0.1, 0.15) is 46.0 Å². The molecule has 0 aromatic heterocycles. The predicted octanol–water partition coefficient (Wildman–Crippen LogP) is 0.841. The Morgan fingerprint density at radius 1 is 1.33 bits per heavy atom.